The van der Waals surface area contributed by atoms with Crippen molar-refractivity contribution in [3.8, 4) is 0 Å². The highest BCUT2D eigenvalue weighted by Gasteiger charge is 2.22. The minimum atomic E-state index is -0.920. The van der Waals surface area contributed by atoms with Crippen LogP contribution in [-0.2, 0) is 17.7 Å². The summed E-state index contributed by atoms with van der Waals surface area (Å²) in [6.45, 7) is 0.108. The predicted molar refractivity (Wildman–Crippen MR) is 70.8 cm³/mol. The van der Waals surface area contributed by atoms with Crippen LogP contribution in [0.3, 0.4) is 0 Å². The normalized spacial score (nSPS) is 12.1. The van der Waals surface area contributed by atoms with Gasteiger partial charge in [-0.15, -0.1) is 10.2 Å². The Balaban J connectivity index is 2.18. The first-order chi connectivity index (χ1) is 9.58. The van der Waals surface area contributed by atoms with E-state index in [2.05, 4.69) is 10.2 Å². The Morgan fingerprint density at radius 2 is 2.05 bits per heavy atom. The Morgan fingerprint density at radius 1 is 1.35 bits per heavy atom. The van der Waals surface area contributed by atoms with Crippen molar-refractivity contribution >= 4 is 17.7 Å². The third kappa shape index (κ3) is 3.69. The molecule has 0 fully saturated rings. The maximum Gasteiger partial charge on any atom is 0.405 e. The molecule has 0 spiro atoms. The first-order valence-electron chi connectivity index (χ1n) is 5.81. The molecule has 0 aliphatic rings. The minimum Gasteiger partial charge on any atom is -0.436 e. The van der Waals surface area contributed by atoms with Gasteiger partial charge in [0.1, 0.15) is 0 Å². The Hall–Kier alpha value is -2.12. The Labute approximate surface area is 119 Å². The van der Waals surface area contributed by atoms with Gasteiger partial charge in [-0.1, -0.05) is 23.7 Å². The molecule has 0 bridgehead atoms. The lowest BCUT2D eigenvalue weighted by Crippen LogP contribution is -2.19. The number of hydrogen-bond acceptors (Lipinski definition) is 6. The molecular formula is C12H13ClN4O3. The van der Waals surface area contributed by atoms with E-state index >= 15 is 0 Å². The lowest BCUT2D eigenvalue weighted by atomic mass is 10.1. The van der Waals surface area contributed by atoms with E-state index in [1.807, 2.05) is 0 Å². The van der Waals surface area contributed by atoms with E-state index < -0.39 is 12.2 Å². The summed E-state index contributed by atoms with van der Waals surface area (Å²) in [7, 11) is 0. The number of hydrogen-bond donors (Lipinski definition) is 2. The first kappa shape index (κ1) is 14.3. The van der Waals surface area contributed by atoms with Crippen molar-refractivity contribution < 1.29 is 13.9 Å². The zero-order valence-corrected chi connectivity index (χ0v) is 11.2. The SMILES string of the molecule is NCc1nnc(C(Cc2ccc(Cl)cc2)OC(N)=O)o1. The summed E-state index contributed by atoms with van der Waals surface area (Å²) in [4.78, 5) is 11.0. The molecule has 0 saturated heterocycles. The highest BCUT2D eigenvalue weighted by molar-refractivity contribution is 6.30. The maximum atomic E-state index is 11.0. The van der Waals surface area contributed by atoms with E-state index in [4.69, 9.17) is 32.2 Å². The van der Waals surface area contributed by atoms with Crippen LogP contribution in [0.5, 0.6) is 0 Å². The van der Waals surface area contributed by atoms with Crippen molar-refractivity contribution in [2.24, 2.45) is 11.5 Å². The number of halogens is 1. The summed E-state index contributed by atoms with van der Waals surface area (Å²) < 4.78 is 10.3. The highest BCUT2D eigenvalue weighted by atomic mass is 35.5. The van der Waals surface area contributed by atoms with Crippen molar-refractivity contribution in [3.63, 3.8) is 0 Å². The number of nitrogens with zero attached hydrogens (tertiary/aromatic N) is 2. The van der Waals surface area contributed by atoms with Crippen LogP contribution in [0.25, 0.3) is 0 Å². The van der Waals surface area contributed by atoms with Crippen molar-refractivity contribution in [2.45, 2.75) is 19.1 Å². The van der Waals surface area contributed by atoms with Gasteiger partial charge in [-0.2, -0.15) is 0 Å². The van der Waals surface area contributed by atoms with Crippen LogP contribution in [0.2, 0.25) is 5.02 Å². The molecule has 1 atom stereocenters. The zero-order chi connectivity index (χ0) is 14.5. The van der Waals surface area contributed by atoms with E-state index in [9.17, 15) is 4.79 Å². The van der Waals surface area contributed by atoms with Crippen LogP contribution in [0.1, 0.15) is 23.4 Å². The second-order valence-corrected chi connectivity index (χ2v) is 4.43. The van der Waals surface area contributed by atoms with Gasteiger partial charge in [0.15, 0.2) is 6.10 Å². The third-order valence-electron chi connectivity index (χ3n) is 2.53. The summed E-state index contributed by atoms with van der Waals surface area (Å²) >= 11 is 5.81. The zero-order valence-electron chi connectivity index (χ0n) is 10.5. The van der Waals surface area contributed by atoms with Crippen LogP contribution in [0.4, 0.5) is 4.79 Å². The molecule has 2 aromatic rings. The van der Waals surface area contributed by atoms with Crippen molar-refractivity contribution in [3.05, 3.63) is 46.6 Å². The van der Waals surface area contributed by atoms with Gasteiger partial charge in [-0.3, -0.25) is 0 Å². The van der Waals surface area contributed by atoms with Gasteiger partial charge < -0.3 is 20.6 Å². The number of aromatic nitrogens is 2. The Morgan fingerprint density at radius 3 is 2.60 bits per heavy atom. The van der Waals surface area contributed by atoms with Crippen molar-refractivity contribution in [1.29, 1.82) is 0 Å². The van der Waals surface area contributed by atoms with E-state index in [-0.39, 0.29) is 18.3 Å². The van der Waals surface area contributed by atoms with Crippen LogP contribution in [0, 0.1) is 0 Å². The topological polar surface area (TPSA) is 117 Å². The number of carbonyl (C=O) groups excluding carboxylic acids is 1. The molecule has 1 aromatic carbocycles. The number of primary amides is 1. The van der Waals surface area contributed by atoms with Crippen molar-refractivity contribution in [1.82, 2.24) is 10.2 Å². The molecule has 2 rings (SSSR count). The first-order valence-corrected chi connectivity index (χ1v) is 6.19. The van der Waals surface area contributed by atoms with Crippen LogP contribution >= 0.6 is 11.6 Å². The maximum absolute atomic E-state index is 11.0. The molecule has 20 heavy (non-hydrogen) atoms. The summed E-state index contributed by atoms with van der Waals surface area (Å²) in [6, 6.07) is 7.08. The molecule has 4 N–H and O–H groups in total. The van der Waals surface area contributed by atoms with Crippen LogP contribution in [0.15, 0.2) is 28.7 Å². The smallest absolute Gasteiger partial charge is 0.405 e. The van der Waals surface area contributed by atoms with Gasteiger partial charge in [-0.05, 0) is 17.7 Å². The summed E-state index contributed by atoms with van der Waals surface area (Å²) in [5.41, 5.74) is 11.3. The molecular weight excluding hydrogens is 284 g/mol. The lowest BCUT2D eigenvalue weighted by molar-refractivity contribution is 0.0886. The minimum absolute atomic E-state index is 0.108. The number of rotatable bonds is 5. The van der Waals surface area contributed by atoms with Crippen LogP contribution < -0.4 is 11.5 Å². The van der Waals surface area contributed by atoms with E-state index in [1.165, 1.54) is 0 Å². The van der Waals surface area contributed by atoms with E-state index in [0.717, 1.165) is 5.56 Å². The summed E-state index contributed by atoms with van der Waals surface area (Å²) in [5, 5.41) is 8.14. The third-order valence-corrected chi connectivity index (χ3v) is 2.78. The van der Waals surface area contributed by atoms with Gasteiger partial charge in [0, 0.05) is 11.4 Å². The molecule has 8 heteroatoms. The summed E-state index contributed by atoms with van der Waals surface area (Å²) in [5.74, 6) is 0.411. The Kier molecular flexibility index (Phi) is 4.54. The largest absolute Gasteiger partial charge is 0.436 e. The molecule has 1 amide bonds. The van der Waals surface area contributed by atoms with Crippen LogP contribution in [-0.4, -0.2) is 16.3 Å². The van der Waals surface area contributed by atoms with E-state index in [0.29, 0.717) is 11.4 Å². The number of carbonyl (C=O) groups is 1. The molecule has 1 heterocycles. The Bertz CT molecular complexity index is 585. The highest BCUT2D eigenvalue weighted by Crippen LogP contribution is 2.22. The fraction of sp³-hybridized carbons (Fsp3) is 0.250. The molecule has 1 aromatic heterocycles. The summed E-state index contributed by atoms with van der Waals surface area (Å²) in [6.07, 6.45) is -1.34. The van der Waals surface area contributed by atoms with Gasteiger partial charge >= 0.3 is 6.09 Å². The number of nitrogens with two attached hydrogens (primary N) is 2. The fourth-order valence-electron chi connectivity index (χ4n) is 1.63. The number of benzene rings is 1. The molecule has 1 unspecified atom stereocenters. The average Bonchev–Trinajstić information content (AvgIpc) is 2.89. The average molecular weight is 297 g/mol. The quantitative estimate of drug-likeness (QED) is 0.864. The van der Waals surface area contributed by atoms with Gasteiger partial charge in [0.2, 0.25) is 5.89 Å². The monoisotopic (exact) mass is 296 g/mol. The molecule has 0 aliphatic heterocycles. The molecule has 0 aliphatic carbocycles. The van der Waals surface area contributed by atoms with E-state index in [1.54, 1.807) is 24.3 Å². The molecule has 0 radical (unpaired) electrons. The predicted octanol–water partition coefficient (Wildman–Crippen LogP) is 1.56. The second-order valence-electron chi connectivity index (χ2n) is 3.99. The van der Waals surface area contributed by atoms with Gasteiger partial charge in [-0.25, -0.2) is 4.79 Å². The molecule has 106 valence electrons. The standard InChI is InChI=1S/C12H13ClN4O3/c13-8-3-1-7(2-4-8)5-9(19-12(15)18)11-17-16-10(6-14)20-11/h1-4,9H,5-6,14H2,(H2,15,18). The fourth-order valence-corrected chi connectivity index (χ4v) is 1.76. The van der Waals surface area contributed by atoms with Crippen molar-refractivity contribution in [2.75, 3.05) is 0 Å². The second kappa shape index (κ2) is 6.36. The molecule has 0 saturated carbocycles. The molecule has 7 nitrogen and oxygen atoms in total. The van der Waals surface area contributed by atoms with Gasteiger partial charge in [0.05, 0.1) is 6.54 Å². The van der Waals surface area contributed by atoms with Gasteiger partial charge in [0.25, 0.3) is 5.89 Å². The number of amides is 1. The number of ether oxygens (including phenoxy) is 1. The lowest BCUT2D eigenvalue weighted by Gasteiger charge is -2.12.